The second-order valence-corrected chi connectivity index (χ2v) is 15.9. The summed E-state index contributed by atoms with van der Waals surface area (Å²) in [6.45, 7) is 17.5. The molecule has 0 spiro atoms. The maximum Gasteiger partial charge on any atom is 0.417 e. The summed E-state index contributed by atoms with van der Waals surface area (Å²) in [5.74, 6) is -0.343. The molecule has 6 unspecified atom stereocenters. The van der Waals surface area contributed by atoms with Crippen LogP contribution in [0.2, 0.25) is 0 Å². The molecule has 0 aromatic rings. The van der Waals surface area contributed by atoms with E-state index in [4.69, 9.17) is 23.7 Å². The van der Waals surface area contributed by atoms with E-state index in [0.29, 0.717) is 70.9 Å². The van der Waals surface area contributed by atoms with Crippen molar-refractivity contribution in [1.82, 2.24) is 20.0 Å². The summed E-state index contributed by atoms with van der Waals surface area (Å²) in [7, 11) is 0. The summed E-state index contributed by atoms with van der Waals surface area (Å²) >= 11 is 0. The fraction of sp³-hybridized carbons (Fsp3) is 0.907. The number of hydrogen-bond acceptors (Lipinski definition) is 11. The summed E-state index contributed by atoms with van der Waals surface area (Å²) in [5.41, 5.74) is 0. The van der Waals surface area contributed by atoms with Crippen molar-refractivity contribution in [3.8, 4) is 0 Å². The van der Waals surface area contributed by atoms with E-state index in [1.165, 1.54) is 4.90 Å². The molecule has 2 heterocycles. The van der Waals surface area contributed by atoms with Gasteiger partial charge in [0, 0.05) is 77.4 Å². The van der Waals surface area contributed by atoms with E-state index in [9.17, 15) is 19.2 Å². The lowest BCUT2D eigenvalue weighted by atomic mass is 10.1. The molecule has 0 aliphatic carbocycles. The van der Waals surface area contributed by atoms with Gasteiger partial charge in [-0.15, -0.1) is 0 Å². The van der Waals surface area contributed by atoms with Crippen LogP contribution in [0.5, 0.6) is 0 Å². The molecule has 2 rings (SSSR count). The van der Waals surface area contributed by atoms with E-state index in [1.807, 2.05) is 0 Å². The highest BCUT2D eigenvalue weighted by molar-refractivity contribution is 5.90. The van der Waals surface area contributed by atoms with Crippen LogP contribution in [0.25, 0.3) is 0 Å². The highest BCUT2D eigenvalue weighted by Crippen LogP contribution is 2.19. The number of imide groups is 1. The molecule has 0 aromatic carbocycles. The number of nitrogens with one attached hydrogen (secondary N) is 1. The first-order chi connectivity index (χ1) is 27.2. The maximum absolute atomic E-state index is 13.1. The van der Waals surface area contributed by atoms with Gasteiger partial charge in [0.2, 0.25) is 0 Å². The van der Waals surface area contributed by atoms with Crippen molar-refractivity contribution in [2.45, 2.75) is 181 Å². The van der Waals surface area contributed by atoms with Crippen molar-refractivity contribution < 1.29 is 42.9 Å². The van der Waals surface area contributed by atoms with E-state index in [0.717, 1.165) is 129 Å². The van der Waals surface area contributed by atoms with Crippen LogP contribution in [-0.4, -0.2) is 135 Å². The van der Waals surface area contributed by atoms with Crippen molar-refractivity contribution >= 4 is 24.1 Å². The molecule has 2 aliphatic heterocycles. The van der Waals surface area contributed by atoms with Crippen LogP contribution >= 0.6 is 0 Å². The molecule has 3 amide bonds. The molecule has 0 aromatic heterocycles. The SMILES string of the molecule is CCCCCOC(=O)N(CCCCCCCC(=O)OC(COCCCC)CN1CC1C)C(=O)NCCCCCCCC(=O)OC(COCCCC)CN1CC1C. The van der Waals surface area contributed by atoms with Crippen molar-refractivity contribution in [3.63, 3.8) is 0 Å². The minimum atomic E-state index is -0.600. The Hall–Kier alpha value is -2.48. The van der Waals surface area contributed by atoms with Gasteiger partial charge in [-0.05, 0) is 58.8 Å². The second kappa shape index (κ2) is 31.5. The van der Waals surface area contributed by atoms with Crippen molar-refractivity contribution in [3.05, 3.63) is 0 Å². The Morgan fingerprint density at radius 2 is 1.07 bits per heavy atom. The zero-order valence-electron chi connectivity index (χ0n) is 36.0. The molecule has 0 radical (unpaired) electrons. The molecule has 2 aliphatic rings. The third kappa shape index (κ3) is 25.0. The second-order valence-electron chi connectivity index (χ2n) is 15.9. The summed E-state index contributed by atoms with van der Waals surface area (Å²) in [6, 6.07) is 0.670. The van der Waals surface area contributed by atoms with Crippen molar-refractivity contribution in [2.75, 3.05) is 72.3 Å². The molecule has 56 heavy (non-hydrogen) atoms. The minimum Gasteiger partial charge on any atom is -0.459 e. The fourth-order valence-corrected chi connectivity index (χ4v) is 6.43. The molecule has 0 saturated carbocycles. The number of amides is 3. The molecule has 1 N–H and O–H groups in total. The summed E-state index contributed by atoms with van der Waals surface area (Å²) in [5, 5.41) is 2.90. The van der Waals surface area contributed by atoms with Gasteiger partial charge in [-0.25, -0.2) is 14.5 Å². The number of unbranched alkanes of at least 4 members (excludes halogenated alkanes) is 12. The third-order valence-electron chi connectivity index (χ3n) is 10.4. The number of esters is 2. The molecule has 326 valence electrons. The largest absolute Gasteiger partial charge is 0.459 e. The van der Waals surface area contributed by atoms with E-state index in [1.54, 1.807) is 0 Å². The monoisotopic (exact) mass is 797 g/mol. The first-order valence-electron chi connectivity index (χ1n) is 22.4. The number of nitrogens with zero attached hydrogens (tertiary/aromatic N) is 3. The molecule has 6 atom stereocenters. The van der Waals surface area contributed by atoms with Gasteiger partial charge in [0.15, 0.2) is 0 Å². The van der Waals surface area contributed by atoms with Gasteiger partial charge in [-0.1, -0.05) is 85.0 Å². The summed E-state index contributed by atoms with van der Waals surface area (Å²) < 4.78 is 28.5. The number of urea groups is 1. The van der Waals surface area contributed by atoms with Crippen LogP contribution in [0, 0.1) is 0 Å². The van der Waals surface area contributed by atoms with E-state index < -0.39 is 12.1 Å². The highest BCUT2D eigenvalue weighted by Gasteiger charge is 2.33. The molecule has 2 fully saturated rings. The van der Waals surface area contributed by atoms with Gasteiger partial charge in [0.25, 0.3) is 0 Å². The number of carbonyl (C=O) groups excluding carboxylic acids is 4. The van der Waals surface area contributed by atoms with E-state index in [-0.39, 0.29) is 30.7 Å². The number of hydrogen-bond donors (Lipinski definition) is 1. The predicted octanol–water partition coefficient (Wildman–Crippen LogP) is 7.87. The highest BCUT2D eigenvalue weighted by atomic mass is 16.6. The molecular formula is C43H80N4O9. The van der Waals surface area contributed by atoms with E-state index >= 15 is 0 Å². The lowest BCUT2D eigenvalue weighted by Gasteiger charge is -2.21. The summed E-state index contributed by atoms with van der Waals surface area (Å²) in [4.78, 5) is 56.8. The van der Waals surface area contributed by atoms with Crippen molar-refractivity contribution in [2.24, 2.45) is 0 Å². The minimum absolute atomic E-state index is 0.164. The Kier molecular flexibility index (Phi) is 27.9. The van der Waals surface area contributed by atoms with Crippen LogP contribution in [0.15, 0.2) is 0 Å². The van der Waals surface area contributed by atoms with Gasteiger partial charge in [0.1, 0.15) is 12.2 Å². The van der Waals surface area contributed by atoms with Crippen LogP contribution in [0.3, 0.4) is 0 Å². The number of carbonyl (C=O) groups is 4. The first-order valence-corrected chi connectivity index (χ1v) is 22.4. The number of rotatable bonds is 36. The van der Waals surface area contributed by atoms with Crippen molar-refractivity contribution in [1.29, 1.82) is 0 Å². The Bertz CT molecular complexity index is 1070. The average molecular weight is 797 g/mol. The molecule has 2 saturated heterocycles. The first kappa shape index (κ1) is 49.7. The average Bonchev–Trinajstić information content (AvgIpc) is 4.08. The van der Waals surface area contributed by atoms with Crippen LogP contribution in [0.4, 0.5) is 9.59 Å². The molecule has 13 heteroatoms. The molecule has 13 nitrogen and oxygen atoms in total. The van der Waals surface area contributed by atoms with Crippen LogP contribution in [0.1, 0.15) is 157 Å². The summed E-state index contributed by atoms with van der Waals surface area (Å²) in [6.07, 6.45) is 15.0. The predicted molar refractivity (Wildman–Crippen MR) is 220 cm³/mol. The Morgan fingerprint density at radius 1 is 0.607 bits per heavy atom. The number of ether oxygens (including phenoxy) is 5. The smallest absolute Gasteiger partial charge is 0.417 e. The zero-order chi connectivity index (χ0) is 40.8. The Morgan fingerprint density at radius 3 is 1.55 bits per heavy atom. The lowest BCUT2D eigenvalue weighted by molar-refractivity contribution is -0.153. The zero-order valence-corrected chi connectivity index (χ0v) is 36.0. The van der Waals surface area contributed by atoms with Crippen LogP contribution in [-0.2, 0) is 33.3 Å². The maximum atomic E-state index is 13.1. The quantitative estimate of drug-likeness (QED) is 0.0287. The Labute approximate surface area is 339 Å². The third-order valence-corrected chi connectivity index (χ3v) is 10.4. The fourth-order valence-electron chi connectivity index (χ4n) is 6.43. The van der Waals surface area contributed by atoms with Gasteiger partial charge in [0.05, 0.1) is 19.8 Å². The van der Waals surface area contributed by atoms with Gasteiger partial charge < -0.3 is 29.0 Å². The van der Waals surface area contributed by atoms with Gasteiger partial charge in [-0.3, -0.25) is 19.4 Å². The van der Waals surface area contributed by atoms with Gasteiger partial charge >= 0.3 is 24.1 Å². The Balaban J connectivity index is 1.61. The topological polar surface area (TPSA) is 136 Å². The standard InChI is InChI=1S/C43H80N4O9/c1-6-9-22-29-54-43(51)47(26-21-17-13-15-19-24-41(49)56-39(33-46-31-37(46)5)35-53-28-11-8-3)42(50)44-25-20-16-12-14-18-23-40(48)55-38(32-45-30-36(45)4)34-52-27-10-7-2/h36-39H,6-35H2,1-5H3,(H,44,50). The van der Waals surface area contributed by atoms with E-state index in [2.05, 4.69) is 49.7 Å². The van der Waals surface area contributed by atoms with Crippen LogP contribution < -0.4 is 5.32 Å². The van der Waals surface area contributed by atoms with Gasteiger partial charge in [-0.2, -0.15) is 0 Å². The lowest BCUT2D eigenvalue weighted by Crippen LogP contribution is -2.45. The normalized spacial score (nSPS) is 19.5. The molecular weight excluding hydrogens is 716 g/mol. The molecule has 0 bridgehead atoms.